The second-order valence-corrected chi connectivity index (χ2v) is 5.95. The summed E-state index contributed by atoms with van der Waals surface area (Å²) in [5.74, 6) is 0. The Balaban J connectivity index is 2.15. The highest BCUT2D eigenvalue weighted by Gasteiger charge is 2.17. The third-order valence-electron chi connectivity index (χ3n) is 2.86. The third-order valence-corrected chi connectivity index (χ3v) is 4.12. The van der Waals surface area contributed by atoms with Gasteiger partial charge in [-0.25, -0.2) is 4.98 Å². The predicted molar refractivity (Wildman–Crippen MR) is 75.9 cm³/mol. The second-order valence-electron chi connectivity index (χ2n) is 4.32. The first-order valence-corrected chi connectivity index (χ1v) is 7.78. The Morgan fingerprint density at radius 1 is 1.30 bits per heavy atom. The van der Waals surface area contributed by atoms with Crippen LogP contribution in [0.1, 0.15) is 12.5 Å². The molecule has 1 aromatic carbocycles. The maximum atomic E-state index is 12.1. The first-order chi connectivity index (χ1) is 9.55. The molecule has 0 bridgehead atoms. The molecule has 0 unspecified atom stereocenters. The van der Waals surface area contributed by atoms with Crippen LogP contribution in [0.4, 0.5) is 5.69 Å². The van der Waals surface area contributed by atoms with E-state index in [2.05, 4.69) is 9.71 Å². The van der Waals surface area contributed by atoms with Gasteiger partial charge in [0.05, 0.1) is 6.33 Å². The van der Waals surface area contributed by atoms with Crippen LogP contribution in [-0.4, -0.2) is 29.7 Å². The lowest BCUT2D eigenvalue weighted by Crippen LogP contribution is -2.13. The summed E-state index contributed by atoms with van der Waals surface area (Å²) in [4.78, 5) is 3.88. The molecule has 0 atom stereocenters. The van der Waals surface area contributed by atoms with E-state index in [9.17, 15) is 8.42 Å². The van der Waals surface area contributed by atoms with Gasteiger partial charge in [0.2, 0.25) is 0 Å². The Morgan fingerprint density at radius 2 is 2.00 bits per heavy atom. The number of nitrogens with one attached hydrogen (secondary N) is 1. The largest absolute Gasteiger partial charge is 0.396 e. The molecule has 2 rings (SSSR count). The number of aliphatic hydroxyl groups is 1. The van der Waals surface area contributed by atoms with Gasteiger partial charge in [-0.3, -0.25) is 4.72 Å². The Bertz CT molecular complexity index is 662. The van der Waals surface area contributed by atoms with Crippen LogP contribution in [-0.2, 0) is 23.0 Å². The molecule has 2 aromatic rings. The van der Waals surface area contributed by atoms with Gasteiger partial charge >= 0.3 is 0 Å². The lowest BCUT2D eigenvalue weighted by molar-refractivity contribution is 0.299. The number of rotatable bonds is 6. The van der Waals surface area contributed by atoms with Crippen LogP contribution in [0, 0.1) is 0 Å². The zero-order valence-electron chi connectivity index (χ0n) is 11.2. The van der Waals surface area contributed by atoms with Gasteiger partial charge in [-0.05, 0) is 31.0 Å². The molecule has 0 aliphatic carbocycles. The zero-order valence-corrected chi connectivity index (χ0v) is 12.0. The van der Waals surface area contributed by atoms with Crippen LogP contribution in [0.2, 0.25) is 0 Å². The number of hydrogen-bond acceptors (Lipinski definition) is 4. The number of imidazole rings is 1. The van der Waals surface area contributed by atoms with Crippen molar-refractivity contribution < 1.29 is 13.5 Å². The van der Waals surface area contributed by atoms with Crippen molar-refractivity contribution in [2.24, 2.45) is 0 Å². The SMILES string of the molecule is CCn1cnc(S(=O)(=O)Nc2ccc(CCO)cc2)c1. The normalized spacial score (nSPS) is 11.5. The van der Waals surface area contributed by atoms with Crippen LogP contribution < -0.4 is 4.72 Å². The summed E-state index contributed by atoms with van der Waals surface area (Å²) in [5.41, 5.74) is 1.42. The number of sulfonamides is 1. The monoisotopic (exact) mass is 295 g/mol. The summed E-state index contributed by atoms with van der Waals surface area (Å²) in [7, 11) is -3.66. The standard InChI is InChI=1S/C13H17N3O3S/c1-2-16-9-13(14-10-16)20(18,19)15-12-5-3-11(4-6-12)7-8-17/h3-6,9-10,15,17H,2,7-8H2,1H3. The Hall–Kier alpha value is -1.86. The second kappa shape index (κ2) is 6.06. The van der Waals surface area contributed by atoms with Crippen LogP contribution in [0.25, 0.3) is 0 Å². The van der Waals surface area contributed by atoms with Crippen LogP contribution in [0.15, 0.2) is 41.8 Å². The molecule has 2 N–H and O–H groups in total. The summed E-state index contributed by atoms with van der Waals surface area (Å²) in [6.45, 7) is 2.64. The molecule has 0 aliphatic heterocycles. The number of aromatic nitrogens is 2. The number of aryl methyl sites for hydroxylation is 1. The number of anilines is 1. The van der Waals surface area contributed by atoms with E-state index in [0.717, 1.165) is 5.56 Å². The molecule has 0 aliphatic rings. The van der Waals surface area contributed by atoms with E-state index < -0.39 is 10.0 Å². The first-order valence-electron chi connectivity index (χ1n) is 6.29. The van der Waals surface area contributed by atoms with Crippen LogP contribution in [0.3, 0.4) is 0 Å². The molecule has 0 radical (unpaired) electrons. The molecule has 0 amide bonds. The molecule has 0 spiro atoms. The predicted octanol–water partition coefficient (Wildman–Crippen LogP) is 1.24. The Labute approximate surface area is 118 Å². The molecular formula is C13H17N3O3S. The van der Waals surface area contributed by atoms with Crippen molar-refractivity contribution in [1.29, 1.82) is 0 Å². The molecule has 7 heteroatoms. The lowest BCUT2D eigenvalue weighted by Gasteiger charge is -2.06. The van der Waals surface area contributed by atoms with Crippen molar-refractivity contribution in [2.45, 2.75) is 24.9 Å². The summed E-state index contributed by atoms with van der Waals surface area (Å²) >= 11 is 0. The Kier molecular flexibility index (Phi) is 4.41. The maximum Gasteiger partial charge on any atom is 0.280 e. The van der Waals surface area contributed by atoms with E-state index in [-0.39, 0.29) is 11.6 Å². The fraction of sp³-hybridized carbons (Fsp3) is 0.308. The number of hydrogen-bond donors (Lipinski definition) is 2. The van der Waals surface area contributed by atoms with Gasteiger partial charge < -0.3 is 9.67 Å². The van der Waals surface area contributed by atoms with Crippen molar-refractivity contribution in [3.8, 4) is 0 Å². The van der Waals surface area contributed by atoms with E-state index in [1.807, 2.05) is 6.92 Å². The fourth-order valence-corrected chi connectivity index (χ4v) is 2.74. The highest BCUT2D eigenvalue weighted by atomic mass is 32.2. The minimum atomic E-state index is -3.66. The summed E-state index contributed by atoms with van der Waals surface area (Å²) in [6, 6.07) is 6.89. The summed E-state index contributed by atoms with van der Waals surface area (Å²) in [6.07, 6.45) is 3.52. The molecule has 0 saturated heterocycles. The number of aliphatic hydroxyl groups excluding tert-OH is 1. The quantitative estimate of drug-likeness (QED) is 0.839. The minimum absolute atomic E-state index is 0.00113. The molecular weight excluding hydrogens is 278 g/mol. The van der Waals surface area contributed by atoms with Crippen molar-refractivity contribution in [1.82, 2.24) is 9.55 Å². The van der Waals surface area contributed by atoms with E-state index in [0.29, 0.717) is 18.7 Å². The molecule has 1 aromatic heterocycles. The number of benzene rings is 1. The van der Waals surface area contributed by atoms with Gasteiger partial charge in [0, 0.05) is 25.0 Å². The highest BCUT2D eigenvalue weighted by molar-refractivity contribution is 7.92. The highest BCUT2D eigenvalue weighted by Crippen LogP contribution is 2.15. The molecule has 20 heavy (non-hydrogen) atoms. The first kappa shape index (κ1) is 14.5. The maximum absolute atomic E-state index is 12.1. The summed E-state index contributed by atoms with van der Waals surface area (Å²) in [5, 5.41) is 8.83. The van der Waals surface area contributed by atoms with Crippen molar-refractivity contribution >= 4 is 15.7 Å². The summed E-state index contributed by atoms with van der Waals surface area (Å²) < 4.78 is 28.4. The van der Waals surface area contributed by atoms with Crippen LogP contribution in [0.5, 0.6) is 0 Å². The van der Waals surface area contributed by atoms with Crippen molar-refractivity contribution in [2.75, 3.05) is 11.3 Å². The molecule has 108 valence electrons. The third kappa shape index (κ3) is 3.37. The number of nitrogens with zero attached hydrogens (tertiary/aromatic N) is 2. The molecule has 1 heterocycles. The van der Waals surface area contributed by atoms with Crippen molar-refractivity contribution in [3.05, 3.63) is 42.4 Å². The topological polar surface area (TPSA) is 84.2 Å². The molecule has 6 nitrogen and oxygen atoms in total. The molecule has 0 fully saturated rings. The average Bonchev–Trinajstić information content (AvgIpc) is 2.91. The zero-order chi connectivity index (χ0) is 14.6. The van der Waals surface area contributed by atoms with Gasteiger partial charge in [-0.15, -0.1) is 0 Å². The van der Waals surface area contributed by atoms with Crippen LogP contribution >= 0.6 is 0 Å². The van der Waals surface area contributed by atoms with Gasteiger partial charge in [0.25, 0.3) is 10.0 Å². The lowest BCUT2D eigenvalue weighted by atomic mass is 10.1. The van der Waals surface area contributed by atoms with E-state index in [1.165, 1.54) is 12.5 Å². The smallest absolute Gasteiger partial charge is 0.280 e. The van der Waals surface area contributed by atoms with Gasteiger partial charge in [-0.2, -0.15) is 8.42 Å². The van der Waals surface area contributed by atoms with E-state index in [1.54, 1.807) is 28.8 Å². The van der Waals surface area contributed by atoms with Gasteiger partial charge in [0.15, 0.2) is 5.03 Å². The van der Waals surface area contributed by atoms with Gasteiger partial charge in [-0.1, -0.05) is 12.1 Å². The molecule has 0 saturated carbocycles. The van der Waals surface area contributed by atoms with E-state index in [4.69, 9.17) is 5.11 Å². The van der Waals surface area contributed by atoms with E-state index >= 15 is 0 Å². The average molecular weight is 295 g/mol. The Morgan fingerprint density at radius 3 is 2.55 bits per heavy atom. The van der Waals surface area contributed by atoms with Gasteiger partial charge in [0.1, 0.15) is 0 Å². The minimum Gasteiger partial charge on any atom is -0.396 e. The van der Waals surface area contributed by atoms with Crippen molar-refractivity contribution in [3.63, 3.8) is 0 Å². The fourth-order valence-electron chi connectivity index (χ4n) is 1.73.